The van der Waals surface area contributed by atoms with Crippen LogP contribution in [0.5, 0.6) is 0 Å². The van der Waals surface area contributed by atoms with Gasteiger partial charge >= 0.3 is 37.7 Å². The smallest absolute Gasteiger partial charge is 0.744 e. The quantitative estimate of drug-likeness (QED) is 0.293. The normalized spacial score (nSPS) is 11.6. The van der Waals surface area contributed by atoms with Gasteiger partial charge in [0.25, 0.3) is 0 Å². The van der Waals surface area contributed by atoms with Crippen LogP contribution in [-0.2, 0) is 20.2 Å². The number of hydrogen-bond acceptors (Lipinski definition) is 6. The Morgan fingerprint density at radius 3 is 1.15 bits per heavy atom. The molecule has 0 aliphatic heterocycles. The molecule has 0 aliphatic rings. The van der Waals surface area contributed by atoms with E-state index in [4.69, 9.17) is 0 Å². The van der Waals surface area contributed by atoms with Gasteiger partial charge in [-0.2, -0.15) is 0 Å². The molecule has 0 bridgehead atoms. The summed E-state index contributed by atoms with van der Waals surface area (Å²) in [5, 5.41) is 3.51. The summed E-state index contributed by atoms with van der Waals surface area (Å²) in [6.45, 7) is 6.97. The number of hydrogen-bond donors (Lipinski definition) is 0. The minimum atomic E-state index is -4.40. The van der Waals surface area contributed by atoms with E-state index in [1.165, 1.54) is 12.1 Å². The van der Waals surface area contributed by atoms with E-state index in [0.29, 0.717) is 11.1 Å². The monoisotopic (exact) mass is 510 g/mol. The van der Waals surface area contributed by atoms with Crippen LogP contribution in [-0.4, -0.2) is 63.7 Å². The molecule has 33 heavy (non-hydrogen) atoms. The van der Waals surface area contributed by atoms with Crippen LogP contribution in [0.15, 0.2) is 70.5 Å². The molecule has 0 aromatic heterocycles. The maximum absolute atomic E-state index is 11.1. The molecule has 0 atom stereocenters. The van der Waals surface area contributed by atoms with Crippen molar-refractivity contribution >= 4 is 79.5 Å². The van der Waals surface area contributed by atoms with Gasteiger partial charge in [0.15, 0.2) is 0 Å². The molecule has 6 nitrogen and oxygen atoms in total. The molecule has 0 unspecified atom stereocenters. The first-order chi connectivity index (χ1) is 14.8. The molecule has 4 aromatic rings. The molecule has 0 aliphatic carbocycles. The third kappa shape index (κ3) is 5.95. The predicted molar refractivity (Wildman–Crippen MR) is 129 cm³/mol. The summed E-state index contributed by atoms with van der Waals surface area (Å²) in [7, 11) is -8.79. The number of rotatable bonds is 2. The van der Waals surface area contributed by atoms with Crippen LogP contribution >= 0.6 is 0 Å². The van der Waals surface area contributed by atoms with E-state index in [-0.39, 0.29) is 47.5 Å². The van der Waals surface area contributed by atoms with E-state index in [1.807, 2.05) is 50.2 Å². The van der Waals surface area contributed by atoms with Crippen molar-refractivity contribution in [3.8, 4) is 0 Å². The van der Waals surface area contributed by atoms with Gasteiger partial charge in [0, 0.05) is 0 Å². The van der Waals surface area contributed by atoms with Gasteiger partial charge in [0.05, 0.1) is 9.79 Å². The van der Waals surface area contributed by atoms with Crippen molar-refractivity contribution in [1.82, 2.24) is 0 Å². The third-order valence-electron chi connectivity index (χ3n) is 5.71. The van der Waals surface area contributed by atoms with Crippen LogP contribution in [0.3, 0.4) is 0 Å². The average Bonchev–Trinajstić information content (AvgIpc) is 2.72. The topological polar surface area (TPSA) is 114 Å². The molecule has 0 N–H and O–H groups in total. The minimum Gasteiger partial charge on any atom is -0.744 e. The molecule has 0 saturated carbocycles. The summed E-state index contributed by atoms with van der Waals surface area (Å²) in [4.78, 5) is -0.243. The second-order valence-corrected chi connectivity index (χ2v) is 10.3. The Kier molecular flexibility index (Phi) is 8.73. The standard InChI is InChI=1S/2C12H12O3S.Ca/c2*1-8-9(2)12(16(13,14)15)7-10-5-3-4-6-11(8)10;/h2*3-7H,1-2H3,(H,13,14,15);/q;;+2/p-2. The minimum absolute atomic E-state index is 0. The summed E-state index contributed by atoms with van der Waals surface area (Å²) in [6.07, 6.45) is 0. The van der Waals surface area contributed by atoms with Gasteiger partial charge in [-0.1, -0.05) is 48.5 Å². The summed E-state index contributed by atoms with van der Waals surface area (Å²) in [5.41, 5.74) is 2.75. The van der Waals surface area contributed by atoms with E-state index in [9.17, 15) is 25.9 Å². The third-order valence-corrected chi connectivity index (χ3v) is 7.63. The van der Waals surface area contributed by atoms with Gasteiger partial charge in [0.1, 0.15) is 20.2 Å². The first-order valence-electron chi connectivity index (χ1n) is 9.72. The Morgan fingerprint density at radius 2 is 0.848 bits per heavy atom. The summed E-state index contributed by atoms with van der Waals surface area (Å²) >= 11 is 0. The molecule has 168 valence electrons. The molecule has 9 heteroatoms. The van der Waals surface area contributed by atoms with Gasteiger partial charge in [-0.05, 0) is 83.6 Å². The Morgan fingerprint density at radius 1 is 0.545 bits per heavy atom. The van der Waals surface area contributed by atoms with Gasteiger partial charge in [-0.15, -0.1) is 0 Å². The maximum Gasteiger partial charge on any atom is 2.00 e. The van der Waals surface area contributed by atoms with E-state index in [2.05, 4.69) is 0 Å². The summed E-state index contributed by atoms with van der Waals surface area (Å²) < 4.78 is 66.6. The van der Waals surface area contributed by atoms with Crippen LogP contribution in [0.2, 0.25) is 0 Å². The van der Waals surface area contributed by atoms with Crippen LogP contribution in [0, 0.1) is 27.7 Å². The van der Waals surface area contributed by atoms with E-state index in [1.54, 1.807) is 26.0 Å². The fourth-order valence-electron chi connectivity index (χ4n) is 3.72. The molecular formula is C24H22CaO6S2. The predicted octanol–water partition coefficient (Wildman–Crippen LogP) is 4.34. The molecule has 0 spiro atoms. The number of aryl methyl sites for hydroxylation is 2. The maximum atomic E-state index is 11.1. The van der Waals surface area contributed by atoms with E-state index < -0.39 is 20.2 Å². The summed E-state index contributed by atoms with van der Waals surface area (Å²) in [5.74, 6) is 0. The van der Waals surface area contributed by atoms with Crippen molar-refractivity contribution in [2.75, 3.05) is 0 Å². The van der Waals surface area contributed by atoms with Crippen molar-refractivity contribution in [3.63, 3.8) is 0 Å². The fraction of sp³-hybridized carbons (Fsp3) is 0.167. The van der Waals surface area contributed by atoms with Crippen molar-refractivity contribution < 1.29 is 25.9 Å². The van der Waals surface area contributed by atoms with E-state index in [0.717, 1.165) is 32.7 Å². The Bertz CT molecular complexity index is 1440. The Balaban J connectivity index is 0.000000227. The molecule has 4 aromatic carbocycles. The molecule has 0 fully saturated rings. The van der Waals surface area contributed by atoms with Crippen molar-refractivity contribution in [2.45, 2.75) is 37.5 Å². The largest absolute Gasteiger partial charge is 2.00 e. The fourth-order valence-corrected chi connectivity index (χ4v) is 5.32. The molecule has 4 rings (SSSR count). The first-order valence-corrected chi connectivity index (χ1v) is 12.5. The van der Waals surface area contributed by atoms with Crippen molar-refractivity contribution in [2.24, 2.45) is 0 Å². The zero-order chi connectivity index (χ0) is 23.8. The van der Waals surface area contributed by atoms with Crippen LogP contribution in [0.25, 0.3) is 21.5 Å². The molecule has 0 heterocycles. The zero-order valence-corrected chi connectivity index (χ0v) is 22.6. The molecule has 0 amide bonds. The molecular weight excluding hydrogens is 488 g/mol. The first kappa shape index (κ1) is 27.7. The number of fused-ring (bicyclic) bond motifs is 2. The Hall–Kier alpha value is -1.52. The second kappa shape index (κ2) is 10.4. The van der Waals surface area contributed by atoms with Crippen LogP contribution in [0.4, 0.5) is 0 Å². The number of benzene rings is 4. The van der Waals surface area contributed by atoms with Crippen molar-refractivity contribution in [3.05, 3.63) is 82.9 Å². The van der Waals surface area contributed by atoms with Gasteiger partial charge in [-0.25, -0.2) is 16.8 Å². The second-order valence-electron chi connectivity index (χ2n) is 7.60. The average molecular weight is 511 g/mol. The Labute approximate surface area is 224 Å². The van der Waals surface area contributed by atoms with Crippen LogP contribution < -0.4 is 0 Å². The van der Waals surface area contributed by atoms with Gasteiger partial charge in [0.2, 0.25) is 0 Å². The SMILES string of the molecule is Cc1c(S(=O)(=O)[O-])cc2ccccc2c1C.Cc1c(S(=O)(=O)[O-])cc2ccccc2c1C.[Ca+2]. The van der Waals surface area contributed by atoms with E-state index >= 15 is 0 Å². The van der Waals surface area contributed by atoms with Crippen molar-refractivity contribution in [1.29, 1.82) is 0 Å². The van der Waals surface area contributed by atoms with Gasteiger partial charge < -0.3 is 9.11 Å². The molecule has 0 radical (unpaired) electrons. The molecule has 0 saturated heterocycles. The van der Waals surface area contributed by atoms with Gasteiger partial charge in [-0.3, -0.25) is 0 Å². The van der Waals surface area contributed by atoms with Crippen LogP contribution in [0.1, 0.15) is 22.3 Å². The zero-order valence-electron chi connectivity index (χ0n) is 18.7. The summed E-state index contributed by atoms with van der Waals surface area (Å²) in [6, 6.07) is 17.7.